The fourth-order valence-corrected chi connectivity index (χ4v) is 0.841. The van der Waals surface area contributed by atoms with Gasteiger partial charge >= 0.3 is 5.97 Å². The number of rotatable bonds is 2. The molecule has 1 fully saturated rings. The van der Waals surface area contributed by atoms with E-state index < -0.39 is 5.97 Å². The van der Waals surface area contributed by atoms with Crippen LogP contribution in [0, 0.1) is 5.92 Å². The first-order valence-corrected chi connectivity index (χ1v) is 4.56. The molecule has 13 heavy (non-hydrogen) atoms. The van der Waals surface area contributed by atoms with E-state index in [-0.39, 0.29) is 5.57 Å². The molecule has 2 heteroatoms. The molecule has 0 aromatic rings. The largest absolute Gasteiger partial charge is 0.478 e. The Labute approximate surface area is 80.0 Å². The summed E-state index contributed by atoms with van der Waals surface area (Å²) in [5, 5.41) is 7.89. The maximum absolute atomic E-state index is 9.60. The van der Waals surface area contributed by atoms with Crippen molar-refractivity contribution in [1.29, 1.82) is 0 Å². The van der Waals surface area contributed by atoms with Gasteiger partial charge in [-0.05, 0) is 25.7 Å². The van der Waals surface area contributed by atoms with Crippen molar-refractivity contribution in [2.75, 3.05) is 0 Å². The summed E-state index contributed by atoms with van der Waals surface area (Å²) in [6, 6.07) is 0. The van der Waals surface area contributed by atoms with Crippen LogP contribution >= 0.6 is 0 Å². The summed E-state index contributed by atoms with van der Waals surface area (Å²) in [7, 11) is 0. The van der Waals surface area contributed by atoms with Crippen LogP contribution in [0.1, 0.15) is 33.6 Å². The Bertz CT molecular complexity index is 214. The van der Waals surface area contributed by atoms with Crippen LogP contribution in [-0.2, 0) is 4.79 Å². The summed E-state index contributed by atoms with van der Waals surface area (Å²) < 4.78 is 0. The summed E-state index contributed by atoms with van der Waals surface area (Å²) >= 11 is 0. The Kier molecular flexibility index (Phi) is 5.12. The Balaban J connectivity index is 0.000000226. The number of carboxylic acid groups (broad SMARTS) is 1. The summed E-state index contributed by atoms with van der Waals surface area (Å²) in [6.45, 7) is 9.07. The fourth-order valence-electron chi connectivity index (χ4n) is 0.841. The van der Waals surface area contributed by atoms with Gasteiger partial charge in [0.05, 0.1) is 0 Å². The van der Waals surface area contributed by atoms with Gasteiger partial charge in [0.1, 0.15) is 0 Å². The topological polar surface area (TPSA) is 37.3 Å². The average Bonchev–Trinajstić information content (AvgIpc) is 2.68. The van der Waals surface area contributed by atoms with Gasteiger partial charge in [0, 0.05) is 5.57 Å². The van der Waals surface area contributed by atoms with Gasteiger partial charge in [-0.15, -0.1) is 0 Å². The SMILES string of the molecule is C=C(C)C(=O)O.CCC=C1CC1C. The number of carboxylic acids is 1. The normalized spacial score (nSPS) is 21.8. The van der Waals surface area contributed by atoms with Crippen molar-refractivity contribution in [3.05, 3.63) is 23.8 Å². The lowest BCUT2D eigenvalue weighted by Gasteiger charge is -1.79. The molecule has 0 aromatic heterocycles. The molecule has 0 aromatic carbocycles. The molecule has 1 N–H and O–H groups in total. The summed E-state index contributed by atoms with van der Waals surface area (Å²) in [4.78, 5) is 9.60. The summed E-state index contributed by atoms with van der Waals surface area (Å²) in [5.41, 5.74) is 1.84. The zero-order valence-corrected chi connectivity index (χ0v) is 8.63. The molecule has 0 heterocycles. The van der Waals surface area contributed by atoms with E-state index in [0.717, 1.165) is 5.92 Å². The molecular weight excluding hydrogens is 164 g/mol. The Hall–Kier alpha value is -1.05. The fraction of sp³-hybridized carbons (Fsp3) is 0.545. The van der Waals surface area contributed by atoms with Gasteiger partial charge in [-0.3, -0.25) is 0 Å². The molecule has 0 bridgehead atoms. The summed E-state index contributed by atoms with van der Waals surface area (Å²) in [5.74, 6) is -0.00468. The lowest BCUT2D eigenvalue weighted by molar-refractivity contribution is -0.132. The van der Waals surface area contributed by atoms with Crippen molar-refractivity contribution in [3.63, 3.8) is 0 Å². The second-order valence-corrected chi connectivity index (χ2v) is 3.38. The predicted molar refractivity (Wildman–Crippen MR) is 54.6 cm³/mol. The molecule has 1 aliphatic carbocycles. The minimum Gasteiger partial charge on any atom is -0.478 e. The van der Waals surface area contributed by atoms with Crippen LogP contribution in [0.5, 0.6) is 0 Å². The van der Waals surface area contributed by atoms with Gasteiger partial charge < -0.3 is 5.11 Å². The second kappa shape index (κ2) is 5.57. The first-order valence-electron chi connectivity index (χ1n) is 4.56. The monoisotopic (exact) mass is 182 g/mol. The van der Waals surface area contributed by atoms with Crippen molar-refractivity contribution in [2.45, 2.75) is 33.6 Å². The molecule has 74 valence electrons. The van der Waals surface area contributed by atoms with E-state index in [1.54, 1.807) is 5.57 Å². The molecule has 0 spiro atoms. The second-order valence-electron chi connectivity index (χ2n) is 3.38. The Morgan fingerprint density at radius 1 is 1.77 bits per heavy atom. The number of carbonyl (C=O) groups is 1. The standard InChI is InChI=1S/C7H12.C4H6O2/c1-3-4-7-5-6(7)2;1-3(2)4(5)6/h4,6H,3,5H2,1-2H3;1H2,2H3,(H,5,6). The zero-order chi connectivity index (χ0) is 10.4. The first kappa shape index (κ1) is 11.9. The van der Waals surface area contributed by atoms with E-state index in [9.17, 15) is 4.79 Å². The van der Waals surface area contributed by atoms with E-state index in [1.165, 1.54) is 19.8 Å². The molecule has 1 atom stereocenters. The van der Waals surface area contributed by atoms with Crippen LogP contribution in [0.4, 0.5) is 0 Å². The maximum atomic E-state index is 9.60. The first-order chi connectivity index (χ1) is 5.99. The van der Waals surface area contributed by atoms with Crippen molar-refractivity contribution >= 4 is 5.97 Å². The van der Waals surface area contributed by atoms with Gasteiger partial charge in [0.2, 0.25) is 0 Å². The van der Waals surface area contributed by atoms with Crippen molar-refractivity contribution in [2.24, 2.45) is 5.92 Å². The highest BCUT2D eigenvalue weighted by atomic mass is 16.4. The number of hydrogen-bond donors (Lipinski definition) is 1. The highest BCUT2D eigenvalue weighted by Gasteiger charge is 2.22. The van der Waals surface area contributed by atoms with Gasteiger partial charge in [0.15, 0.2) is 0 Å². The van der Waals surface area contributed by atoms with Crippen molar-refractivity contribution in [1.82, 2.24) is 0 Å². The van der Waals surface area contributed by atoms with Gasteiger partial charge in [-0.25, -0.2) is 4.79 Å². The third-order valence-electron chi connectivity index (χ3n) is 1.85. The van der Waals surface area contributed by atoms with Crippen LogP contribution in [0.15, 0.2) is 23.8 Å². The number of aliphatic carboxylic acids is 1. The van der Waals surface area contributed by atoms with E-state index in [1.807, 2.05) is 0 Å². The van der Waals surface area contributed by atoms with Gasteiger partial charge in [-0.1, -0.05) is 32.1 Å². The molecule has 0 aliphatic heterocycles. The van der Waals surface area contributed by atoms with Crippen LogP contribution in [0.3, 0.4) is 0 Å². The number of hydrogen-bond acceptors (Lipinski definition) is 1. The highest BCUT2D eigenvalue weighted by molar-refractivity contribution is 5.84. The van der Waals surface area contributed by atoms with Crippen molar-refractivity contribution < 1.29 is 9.90 Å². The minimum atomic E-state index is -0.935. The third-order valence-corrected chi connectivity index (χ3v) is 1.85. The minimum absolute atomic E-state index is 0.176. The molecule has 1 aliphatic rings. The molecule has 1 saturated carbocycles. The van der Waals surface area contributed by atoms with E-state index in [2.05, 4.69) is 26.5 Å². The third kappa shape index (κ3) is 6.14. The molecule has 2 nitrogen and oxygen atoms in total. The van der Waals surface area contributed by atoms with Gasteiger partial charge in [-0.2, -0.15) is 0 Å². The Morgan fingerprint density at radius 2 is 2.15 bits per heavy atom. The van der Waals surface area contributed by atoms with E-state index in [4.69, 9.17) is 5.11 Å². The molecular formula is C11H18O2. The smallest absolute Gasteiger partial charge is 0.330 e. The predicted octanol–water partition coefficient (Wildman–Crippen LogP) is 3.01. The number of allylic oxidation sites excluding steroid dienone is 2. The quantitative estimate of drug-likeness (QED) is 0.526. The summed E-state index contributed by atoms with van der Waals surface area (Å²) in [6.07, 6.45) is 4.93. The average molecular weight is 182 g/mol. The van der Waals surface area contributed by atoms with Crippen LogP contribution in [-0.4, -0.2) is 11.1 Å². The van der Waals surface area contributed by atoms with Crippen LogP contribution in [0.25, 0.3) is 0 Å². The maximum Gasteiger partial charge on any atom is 0.330 e. The molecule has 0 saturated heterocycles. The van der Waals surface area contributed by atoms with Crippen LogP contribution in [0.2, 0.25) is 0 Å². The van der Waals surface area contributed by atoms with E-state index in [0.29, 0.717) is 0 Å². The molecule has 0 radical (unpaired) electrons. The van der Waals surface area contributed by atoms with Crippen LogP contribution < -0.4 is 0 Å². The van der Waals surface area contributed by atoms with Gasteiger partial charge in [0.25, 0.3) is 0 Å². The Morgan fingerprint density at radius 3 is 2.23 bits per heavy atom. The molecule has 0 amide bonds. The molecule has 1 unspecified atom stereocenters. The lowest BCUT2D eigenvalue weighted by Crippen LogP contribution is -1.92. The van der Waals surface area contributed by atoms with Crippen molar-refractivity contribution in [3.8, 4) is 0 Å². The van der Waals surface area contributed by atoms with E-state index >= 15 is 0 Å². The highest BCUT2D eigenvalue weighted by Crippen LogP contribution is 2.36. The molecule has 1 rings (SSSR count). The lowest BCUT2D eigenvalue weighted by atomic mass is 10.4. The zero-order valence-electron chi connectivity index (χ0n) is 8.63.